The minimum atomic E-state index is -0.821. The number of hydrogen-bond donors (Lipinski definition) is 1. The van der Waals surface area contributed by atoms with Gasteiger partial charge in [0, 0.05) is 6.54 Å². The van der Waals surface area contributed by atoms with Crippen LogP contribution in [0.15, 0.2) is 10.7 Å². The van der Waals surface area contributed by atoms with E-state index in [1.54, 1.807) is 6.20 Å². The summed E-state index contributed by atoms with van der Waals surface area (Å²) < 4.78 is 2.79. The molecule has 1 atom stereocenters. The van der Waals surface area contributed by atoms with Gasteiger partial charge in [0.05, 0.1) is 16.4 Å². The van der Waals surface area contributed by atoms with Crippen LogP contribution in [-0.2, 0) is 12.1 Å². The van der Waals surface area contributed by atoms with E-state index in [9.17, 15) is 5.11 Å². The lowest BCUT2D eigenvalue weighted by Gasteiger charge is -2.26. The maximum atomic E-state index is 10.5. The standard InChI is InChI=1S/C12H21BrN2O/c1-5-6-15-11(10(13)8-14-15)12(4,16)7-9(2)3/h8-9,16H,5-7H2,1-4H3. The highest BCUT2D eigenvalue weighted by Gasteiger charge is 2.30. The van der Waals surface area contributed by atoms with E-state index in [4.69, 9.17) is 0 Å². The summed E-state index contributed by atoms with van der Waals surface area (Å²) in [5, 5.41) is 14.8. The van der Waals surface area contributed by atoms with E-state index in [1.807, 2.05) is 11.6 Å². The van der Waals surface area contributed by atoms with Crippen molar-refractivity contribution in [1.82, 2.24) is 9.78 Å². The van der Waals surface area contributed by atoms with Gasteiger partial charge in [-0.25, -0.2) is 0 Å². The fourth-order valence-electron chi connectivity index (χ4n) is 2.17. The molecule has 1 N–H and O–H groups in total. The number of aryl methyl sites for hydroxylation is 1. The smallest absolute Gasteiger partial charge is 0.105 e. The van der Waals surface area contributed by atoms with E-state index in [-0.39, 0.29) is 0 Å². The van der Waals surface area contributed by atoms with Crippen molar-refractivity contribution in [2.75, 3.05) is 0 Å². The van der Waals surface area contributed by atoms with E-state index < -0.39 is 5.60 Å². The Morgan fingerprint density at radius 2 is 2.19 bits per heavy atom. The highest BCUT2D eigenvalue weighted by Crippen LogP contribution is 2.33. The lowest BCUT2D eigenvalue weighted by atomic mass is 9.91. The monoisotopic (exact) mass is 288 g/mol. The summed E-state index contributed by atoms with van der Waals surface area (Å²) in [6, 6.07) is 0. The van der Waals surface area contributed by atoms with E-state index in [2.05, 4.69) is 41.8 Å². The van der Waals surface area contributed by atoms with Gasteiger partial charge in [-0.2, -0.15) is 5.10 Å². The highest BCUT2D eigenvalue weighted by atomic mass is 79.9. The molecule has 92 valence electrons. The Bertz CT molecular complexity index is 345. The van der Waals surface area contributed by atoms with Crippen LogP contribution in [0, 0.1) is 5.92 Å². The number of hydrogen-bond acceptors (Lipinski definition) is 2. The van der Waals surface area contributed by atoms with Crippen molar-refractivity contribution in [2.24, 2.45) is 5.92 Å². The summed E-state index contributed by atoms with van der Waals surface area (Å²) in [5.41, 5.74) is 0.0709. The van der Waals surface area contributed by atoms with E-state index in [0.29, 0.717) is 5.92 Å². The van der Waals surface area contributed by atoms with Crippen molar-refractivity contribution < 1.29 is 5.11 Å². The van der Waals surface area contributed by atoms with Gasteiger partial charge in [0.25, 0.3) is 0 Å². The Morgan fingerprint density at radius 3 is 2.69 bits per heavy atom. The normalized spacial score (nSPS) is 15.4. The van der Waals surface area contributed by atoms with Crippen LogP contribution >= 0.6 is 15.9 Å². The van der Waals surface area contributed by atoms with Gasteiger partial charge in [-0.1, -0.05) is 20.8 Å². The lowest BCUT2D eigenvalue weighted by molar-refractivity contribution is 0.0251. The molecule has 0 saturated heterocycles. The van der Waals surface area contributed by atoms with Gasteiger partial charge in [-0.3, -0.25) is 4.68 Å². The first-order chi connectivity index (χ1) is 7.38. The first-order valence-electron chi connectivity index (χ1n) is 5.82. The molecule has 1 aromatic heterocycles. The molecular weight excluding hydrogens is 268 g/mol. The first-order valence-corrected chi connectivity index (χ1v) is 6.62. The summed E-state index contributed by atoms with van der Waals surface area (Å²) in [6.07, 6.45) is 3.51. The van der Waals surface area contributed by atoms with Crippen LogP contribution in [0.5, 0.6) is 0 Å². The molecule has 0 aliphatic heterocycles. The van der Waals surface area contributed by atoms with Crippen LogP contribution in [0.3, 0.4) is 0 Å². The molecule has 1 unspecified atom stereocenters. The molecule has 4 heteroatoms. The van der Waals surface area contributed by atoms with Gasteiger partial charge in [0.2, 0.25) is 0 Å². The van der Waals surface area contributed by atoms with Crippen molar-refractivity contribution in [3.63, 3.8) is 0 Å². The van der Waals surface area contributed by atoms with Crippen LogP contribution < -0.4 is 0 Å². The molecule has 0 aliphatic rings. The number of rotatable bonds is 5. The molecule has 1 rings (SSSR count). The molecule has 0 bridgehead atoms. The maximum Gasteiger partial charge on any atom is 0.105 e. The second-order valence-corrected chi connectivity index (χ2v) is 5.79. The fourth-order valence-corrected chi connectivity index (χ4v) is 2.89. The molecule has 0 aromatic carbocycles. The molecule has 1 aromatic rings. The summed E-state index contributed by atoms with van der Waals surface area (Å²) >= 11 is 3.47. The minimum absolute atomic E-state index is 0.451. The fraction of sp³-hybridized carbons (Fsp3) is 0.750. The average Bonchev–Trinajstić information content (AvgIpc) is 2.46. The van der Waals surface area contributed by atoms with E-state index in [1.165, 1.54) is 0 Å². The average molecular weight is 289 g/mol. The molecule has 0 amide bonds. The van der Waals surface area contributed by atoms with E-state index in [0.717, 1.165) is 29.6 Å². The van der Waals surface area contributed by atoms with Crippen LogP contribution in [0.25, 0.3) is 0 Å². The predicted molar refractivity (Wildman–Crippen MR) is 69.2 cm³/mol. The molecule has 1 heterocycles. The van der Waals surface area contributed by atoms with Gasteiger partial charge in [-0.05, 0) is 41.6 Å². The Labute approximate surface area is 106 Å². The van der Waals surface area contributed by atoms with Gasteiger partial charge in [-0.15, -0.1) is 0 Å². The van der Waals surface area contributed by atoms with Gasteiger partial charge in [0.15, 0.2) is 0 Å². The van der Waals surface area contributed by atoms with E-state index >= 15 is 0 Å². The minimum Gasteiger partial charge on any atom is -0.384 e. The highest BCUT2D eigenvalue weighted by molar-refractivity contribution is 9.10. The molecule has 0 spiro atoms. The van der Waals surface area contributed by atoms with Crippen molar-refractivity contribution in [3.05, 3.63) is 16.4 Å². The second kappa shape index (κ2) is 5.32. The summed E-state index contributed by atoms with van der Waals surface area (Å²) in [4.78, 5) is 0. The third-order valence-electron chi connectivity index (χ3n) is 2.55. The van der Waals surface area contributed by atoms with Crippen molar-refractivity contribution in [3.8, 4) is 0 Å². The molecule has 0 radical (unpaired) electrons. The first kappa shape index (κ1) is 13.7. The quantitative estimate of drug-likeness (QED) is 0.903. The van der Waals surface area contributed by atoms with Crippen LogP contribution in [0.2, 0.25) is 0 Å². The molecule has 0 fully saturated rings. The van der Waals surface area contributed by atoms with Gasteiger partial charge in [0.1, 0.15) is 5.60 Å². The topological polar surface area (TPSA) is 38.0 Å². The maximum absolute atomic E-state index is 10.5. The zero-order chi connectivity index (χ0) is 12.3. The third-order valence-corrected chi connectivity index (χ3v) is 3.13. The van der Waals surface area contributed by atoms with Crippen molar-refractivity contribution >= 4 is 15.9 Å². The van der Waals surface area contributed by atoms with Crippen LogP contribution in [0.1, 0.15) is 46.2 Å². The molecule has 0 saturated carbocycles. The number of halogens is 1. The Morgan fingerprint density at radius 1 is 1.56 bits per heavy atom. The zero-order valence-electron chi connectivity index (χ0n) is 10.5. The van der Waals surface area contributed by atoms with Gasteiger partial charge < -0.3 is 5.11 Å². The SMILES string of the molecule is CCCn1ncc(Br)c1C(C)(O)CC(C)C. The Kier molecular flexibility index (Phi) is 4.56. The lowest BCUT2D eigenvalue weighted by Crippen LogP contribution is -2.28. The molecule has 16 heavy (non-hydrogen) atoms. The van der Waals surface area contributed by atoms with Crippen molar-refractivity contribution in [1.29, 1.82) is 0 Å². The number of nitrogens with zero attached hydrogens (tertiary/aromatic N) is 2. The second-order valence-electron chi connectivity index (χ2n) is 4.94. The van der Waals surface area contributed by atoms with Crippen LogP contribution in [-0.4, -0.2) is 14.9 Å². The van der Waals surface area contributed by atoms with Crippen LogP contribution in [0.4, 0.5) is 0 Å². The molecular formula is C12H21BrN2O. The Balaban J connectivity index is 3.04. The summed E-state index contributed by atoms with van der Waals surface area (Å²) in [6.45, 7) is 9.04. The Hall–Kier alpha value is -0.350. The largest absolute Gasteiger partial charge is 0.384 e. The molecule has 3 nitrogen and oxygen atoms in total. The number of aliphatic hydroxyl groups is 1. The zero-order valence-corrected chi connectivity index (χ0v) is 12.1. The number of aromatic nitrogens is 2. The van der Waals surface area contributed by atoms with Crippen molar-refractivity contribution in [2.45, 2.75) is 52.7 Å². The van der Waals surface area contributed by atoms with Gasteiger partial charge >= 0.3 is 0 Å². The summed E-state index contributed by atoms with van der Waals surface area (Å²) in [5.74, 6) is 0.451. The third kappa shape index (κ3) is 3.08. The molecule has 0 aliphatic carbocycles. The summed E-state index contributed by atoms with van der Waals surface area (Å²) in [7, 11) is 0. The predicted octanol–water partition coefficient (Wildman–Crippen LogP) is 3.31.